The fraction of sp³-hybridized carbons (Fsp3) is 0.286. The Balaban J connectivity index is 1.75. The van der Waals surface area contributed by atoms with Gasteiger partial charge < -0.3 is 24.3 Å². The van der Waals surface area contributed by atoms with E-state index in [0.717, 1.165) is 0 Å². The van der Waals surface area contributed by atoms with Crippen LogP contribution in [0.1, 0.15) is 19.4 Å². The van der Waals surface area contributed by atoms with Crippen LogP contribution in [0.2, 0.25) is 10.0 Å². The van der Waals surface area contributed by atoms with Gasteiger partial charge in [0.25, 0.3) is 0 Å². The molecular formula is C21H21Cl2NO5. The molecule has 0 aliphatic carbocycles. The van der Waals surface area contributed by atoms with Gasteiger partial charge in [0.2, 0.25) is 5.91 Å². The summed E-state index contributed by atoms with van der Waals surface area (Å²) in [6.45, 7) is 4.71. The van der Waals surface area contributed by atoms with Gasteiger partial charge in [0.1, 0.15) is 13.2 Å². The molecule has 0 radical (unpaired) electrons. The number of hydrogen-bond donors (Lipinski definition) is 1. The van der Waals surface area contributed by atoms with E-state index in [-0.39, 0.29) is 12.0 Å². The molecule has 29 heavy (non-hydrogen) atoms. The third kappa shape index (κ3) is 5.28. The van der Waals surface area contributed by atoms with Crippen molar-refractivity contribution in [1.29, 1.82) is 0 Å². The number of fused-ring (bicyclic) bond motifs is 1. The second kappa shape index (κ2) is 9.29. The third-order valence-corrected chi connectivity index (χ3v) is 4.52. The van der Waals surface area contributed by atoms with E-state index >= 15 is 0 Å². The van der Waals surface area contributed by atoms with Crippen LogP contribution in [0.4, 0.5) is 5.69 Å². The van der Waals surface area contributed by atoms with Gasteiger partial charge in [-0.2, -0.15) is 0 Å². The Hall–Kier alpha value is -2.57. The summed E-state index contributed by atoms with van der Waals surface area (Å²) in [7, 11) is 1.53. The quantitative estimate of drug-likeness (QED) is 0.628. The maximum absolute atomic E-state index is 12.3. The lowest BCUT2D eigenvalue weighted by Crippen LogP contribution is -2.16. The van der Waals surface area contributed by atoms with Crippen molar-refractivity contribution in [2.24, 2.45) is 0 Å². The first-order valence-corrected chi connectivity index (χ1v) is 9.75. The highest BCUT2D eigenvalue weighted by Gasteiger charge is 2.16. The minimum absolute atomic E-state index is 0.0516. The van der Waals surface area contributed by atoms with Gasteiger partial charge >= 0.3 is 0 Å². The molecule has 0 bridgehead atoms. The Morgan fingerprint density at radius 1 is 1.10 bits per heavy atom. The second-order valence-electron chi connectivity index (χ2n) is 6.50. The summed E-state index contributed by atoms with van der Waals surface area (Å²) < 4.78 is 22.0. The summed E-state index contributed by atoms with van der Waals surface area (Å²) in [6, 6.07) is 6.70. The standard InChI is InChI=1S/C21H21Cl2NO5/c1-12(2)29-21-15(23)8-13(9-19(21)26-3)4-5-20(25)24-16-11-18-17(10-14(16)22)27-6-7-28-18/h4-5,8-12H,6-7H2,1-3H3,(H,24,25)/b5-4+. The monoisotopic (exact) mass is 437 g/mol. The second-order valence-corrected chi connectivity index (χ2v) is 7.31. The Morgan fingerprint density at radius 3 is 2.45 bits per heavy atom. The van der Waals surface area contributed by atoms with Gasteiger partial charge in [0.05, 0.1) is 28.9 Å². The van der Waals surface area contributed by atoms with E-state index < -0.39 is 0 Å². The van der Waals surface area contributed by atoms with Gasteiger partial charge in [-0.15, -0.1) is 0 Å². The number of halogens is 2. The maximum atomic E-state index is 12.3. The summed E-state index contributed by atoms with van der Waals surface area (Å²) in [5.41, 5.74) is 1.12. The Bertz CT molecular complexity index is 943. The van der Waals surface area contributed by atoms with Gasteiger partial charge in [0, 0.05) is 18.2 Å². The zero-order valence-electron chi connectivity index (χ0n) is 16.3. The fourth-order valence-corrected chi connectivity index (χ4v) is 3.16. The fourth-order valence-electron chi connectivity index (χ4n) is 2.69. The molecule has 0 fully saturated rings. The zero-order valence-corrected chi connectivity index (χ0v) is 17.8. The molecule has 0 aromatic heterocycles. The summed E-state index contributed by atoms with van der Waals surface area (Å²) in [4.78, 5) is 12.3. The first-order valence-electron chi connectivity index (χ1n) is 8.99. The van der Waals surface area contributed by atoms with Crippen molar-refractivity contribution in [1.82, 2.24) is 0 Å². The van der Waals surface area contributed by atoms with Crippen molar-refractivity contribution in [3.63, 3.8) is 0 Å². The van der Waals surface area contributed by atoms with Crippen molar-refractivity contribution in [2.45, 2.75) is 20.0 Å². The number of hydrogen-bond acceptors (Lipinski definition) is 5. The first kappa shape index (κ1) is 21.1. The molecule has 2 aromatic rings. The largest absolute Gasteiger partial charge is 0.493 e. The van der Waals surface area contributed by atoms with Crippen LogP contribution >= 0.6 is 23.2 Å². The molecule has 0 saturated heterocycles. The number of carbonyl (C=O) groups is 1. The van der Waals surface area contributed by atoms with E-state index in [0.29, 0.717) is 57.5 Å². The first-order chi connectivity index (χ1) is 13.9. The van der Waals surface area contributed by atoms with Crippen molar-refractivity contribution >= 4 is 40.9 Å². The normalized spacial score (nSPS) is 12.9. The molecule has 8 heteroatoms. The van der Waals surface area contributed by atoms with Crippen LogP contribution < -0.4 is 24.3 Å². The Kier molecular flexibility index (Phi) is 6.77. The zero-order chi connectivity index (χ0) is 21.0. The van der Waals surface area contributed by atoms with Gasteiger partial charge in [-0.1, -0.05) is 23.2 Å². The lowest BCUT2D eigenvalue weighted by molar-refractivity contribution is -0.111. The minimum atomic E-state index is -0.360. The van der Waals surface area contributed by atoms with E-state index in [2.05, 4.69) is 5.32 Å². The highest BCUT2D eigenvalue weighted by atomic mass is 35.5. The van der Waals surface area contributed by atoms with E-state index in [1.54, 1.807) is 30.3 Å². The number of carbonyl (C=O) groups excluding carboxylic acids is 1. The lowest BCUT2D eigenvalue weighted by atomic mass is 10.1. The molecule has 1 aliphatic heterocycles. The number of ether oxygens (including phenoxy) is 4. The van der Waals surface area contributed by atoms with Crippen molar-refractivity contribution in [2.75, 3.05) is 25.6 Å². The van der Waals surface area contributed by atoms with E-state index in [4.69, 9.17) is 42.1 Å². The molecule has 3 rings (SSSR count). The average Bonchev–Trinajstić information content (AvgIpc) is 2.68. The number of rotatable bonds is 6. The van der Waals surface area contributed by atoms with Crippen LogP contribution in [0.5, 0.6) is 23.0 Å². The molecule has 0 saturated carbocycles. The van der Waals surface area contributed by atoms with Crippen LogP contribution in [0.3, 0.4) is 0 Å². The molecule has 0 atom stereocenters. The van der Waals surface area contributed by atoms with Crippen LogP contribution in [0, 0.1) is 0 Å². The van der Waals surface area contributed by atoms with Crippen LogP contribution in [-0.2, 0) is 4.79 Å². The number of nitrogens with one attached hydrogen (secondary N) is 1. The summed E-state index contributed by atoms with van der Waals surface area (Å²) in [5, 5.41) is 3.48. The SMILES string of the molecule is COc1cc(/C=C/C(=O)Nc2cc3c(cc2Cl)OCCO3)cc(Cl)c1OC(C)C. The molecule has 1 amide bonds. The van der Waals surface area contributed by atoms with Crippen LogP contribution in [0.15, 0.2) is 30.3 Å². The minimum Gasteiger partial charge on any atom is -0.493 e. The molecule has 1 heterocycles. The molecule has 6 nitrogen and oxygen atoms in total. The lowest BCUT2D eigenvalue weighted by Gasteiger charge is -2.19. The topological polar surface area (TPSA) is 66.0 Å². The molecule has 1 aliphatic rings. The number of anilines is 1. The van der Waals surface area contributed by atoms with Crippen molar-refractivity contribution < 1.29 is 23.7 Å². The van der Waals surface area contributed by atoms with E-state index in [9.17, 15) is 4.79 Å². The summed E-state index contributed by atoms with van der Waals surface area (Å²) >= 11 is 12.5. The number of benzene rings is 2. The predicted molar refractivity (Wildman–Crippen MR) is 114 cm³/mol. The maximum Gasteiger partial charge on any atom is 0.248 e. The van der Waals surface area contributed by atoms with Crippen LogP contribution in [-0.4, -0.2) is 32.3 Å². The smallest absolute Gasteiger partial charge is 0.248 e. The van der Waals surface area contributed by atoms with E-state index in [1.807, 2.05) is 13.8 Å². The molecule has 0 spiro atoms. The predicted octanol–water partition coefficient (Wildman–Crippen LogP) is 5.21. The van der Waals surface area contributed by atoms with Crippen molar-refractivity contribution in [3.8, 4) is 23.0 Å². The number of amides is 1. The summed E-state index contributed by atoms with van der Waals surface area (Å²) in [6.07, 6.45) is 2.94. The molecular weight excluding hydrogens is 417 g/mol. The molecule has 154 valence electrons. The van der Waals surface area contributed by atoms with Gasteiger partial charge in [0.15, 0.2) is 23.0 Å². The molecule has 1 N–H and O–H groups in total. The Labute approximate surface area is 179 Å². The van der Waals surface area contributed by atoms with Crippen molar-refractivity contribution in [3.05, 3.63) is 46.0 Å². The average molecular weight is 438 g/mol. The molecule has 0 unspecified atom stereocenters. The highest BCUT2D eigenvalue weighted by Crippen LogP contribution is 2.39. The molecule has 2 aromatic carbocycles. The van der Waals surface area contributed by atoms with Gasteiger partial charge in [-0.05, 0) is 37.6 Å². The van der Waals surface area contributed by atoms with Gasteiger partial charge in [-0.25, -0.2) is 0 Å². The highest BCUT2D eigenvalue weighted by molar-refractivity contribution is 6.34. The van der Waals surface area contributed by atoms with Crippen LogP contribution in [0.25, 0.3) is 6.08 Å². The Morgan fingerprint density at radius 2 is 1.79 bits per heavy atom. The number of methoxy groups -OCH3 is 1. The van der Waals surface area contributed by atoms with Gasteiger partial charge in [-0.3, -0.25) is 4.79 Å². The third-order valence-electron chi connectivity index (χ3n) is 3.92. The van der Waals surface area contributed by atoms with E-state index in [1.165, 1.54) is 13.2 Å². The summed E-state index contributed by atoms with van der Waals surface area (Å²) in [5.74, 6) is 1.69.